The summed E-state index contributed by atoms with van der Waals surface area (Å²) < 4.78 is 0. The minimum Gasteiger partial charge on any atom is -0.478 e. The molecule has 0 saturated heterocycles. The zero-order valence-corrected chi connectivity index (χ0v) is 9.08. The lowest BCUT2D eigenvalue weighted by molar-refractivity contribution is 0.0697. The van der Waals surface area contributed by atoms with Crippen LogP contribution in [-0.4, -0.2) is 24.7 Å². The monoisotopic (exact) mass is 218 g/mol. The number of nitrogens with one attached hydrogen (secondary N) is 1. The van der Waals surface area contributed by atoms with Crippen LogP contribution in [0.4, 0.5) is 5.69 Å². The summed E-state index contributed by atoms with van der Waals surface area (Å²) in [5.74, 6) is 4.82. The van der Waals surface area contributed by atoms with Crippen molar-refractivity contribution in [1.29, 1.82) is 0 Å². The van der Waals surface area contributed by atoms with Gasteiger partial charge in [-0.1, -0.05) is 11.8 Å². The molecule has 0 heterocycles. The van der Waals surface area contributed by atoms with E-state index in [4.69, 9.17) is 10.8 Å². The number of nitrogens with two attached hydrogens (primary N) is 1. The number of carbonyl (C=O) groups is 1. The first-order valence-corrected chi connectivity index (χ1v) is 4.91. The summed E-state index contributed by atoms with van der Waals surface area (Å²) >= 11 is 0. The van der Waals surface area contributed by atoms with Gasteiger partial charge in [-0.15, -0.1) is 0 Å². The van der Waals surface area contributed by atoms with Crippen LogP contribution >= 0.6 is 0 Å². The third-order valence-electron chi connectivity index (χ3n) is 1.94. The molecule has 0 unspecified atom stereocenters. The van der Waals surface area contributed by atoms with Crippen LogP contribution in [0.5, 0.6) is 0 Å². The Morgan fingerprint density at radius 1 is 1.50 bits per heavy atom. The Labute approximate surface area is 94.5 Å². The van der Waals surface area contributed by atoms with Crippen molar-refractivity contribution < 1.29 is 9.90 Å². The number of nitrogen functional groups attached to an aromatic ring is 1. The number of benzene rings is 1. The SMILES string of the molecule is CNCCC#Cc1cc(N)cc(C(=O)O)c1. The summed E-state index contributed by atoms with van der Waals surface area (Å²) in [7, 11) is 1.85. The summed E-state index contributed by atoms with van der Waals surface area (Å²) in [4.78, 5) is 10.8. The van der Waals surface area contributed by atoms with E-state index in [2.05, 4.69) is 17.2 Å². The molecule has 0 aliphatic carbocycles. The molecular formula is C12H14N2O2. The summed E-state index contributed by atoms with van der Waals surface area (Å²) in [6.07, 6.45) is 0.716. The van der Waals surface area contributed by atoms with E-state index in [1.165, 1.54) is 12.1 Å². The number of anilines is 1. The lowest BCUT2D eigenvalue weighted by Crippen LogP contribution is -2.05. The van der Waals surface area contributed by atoms with Crippen LogP contribution in [-0.2, 0) is 0 Å². The molecule has 0 aromatic heterocycles. The van der Waals surface area contributed by atoms with Crippen LogP contribution in [0.3, 0.4) is 0 Å². The average Bonchev–Trinajstić information content (AvgIpc) is 2.23. The van der Waals surface area contributed by atoms with Crippen molar-refractivity contribution in [3.05, 3.63) is 29.3 Å². The van der Waals surface area contributed by atoms with Crippen LogP contribution in [0, 0.1) is 11.8 Å². The second-order valence-electron chi connectivity index (χ2n) is 3.30. The molecule has 0 saturated carbocycles. The maximum Gasteiger partial charge on any atom is 0.335 e. The van der Waals surface area contributed by atoms with Crippen molar-refractivity contribution in [2.45, 2.75) is 6.42 Å². The summed E-state index contributed by atoms with van der Waals surface area (Å²) in [5, 5.41) is 11.8. The van der Waals surface area contributed by atoms with Gasteiger partial charge in [-0.25, -0.2) is 4.79 Å². The Kier molecular flexibility index (Phi) is 4.37. The molecule has 16 heavy (non-hydrogen) atoms. The first kappa shape index (κ1) is 12.1. The lowest BCUT2D eigenvalue weighted by atomic mass is 10.1. The predicted molar refractivity (Wildman–Crippen MR) is 63.2 cm³/mol. The van der Waals surface area contributed by atoms with E-state index in [1.807, 2.05) is 7.05 Å². The molecule has 4 heteroatoms. The lowest BCUT2D eigenvalue weighted by Gasteiger charge is -1.98. The fourth-order valence-electron chi connectivity index (χ4n) is 1.20. The van der Waals surface area contributed by atoms with Gasteiger partial charge >= 0.3 is 5.97 Å². The van der Waals surface area contributed by atoms with Crippen LogP contribution < -0.4 is 11.1 Å². The quantitative estimate of drug-likeness (QED) is 0.401. The van der Waals surface area contributed by atoms with E-state index in [0.717, 1.165) is 6.54 Å². The molecular weight excluding hydrogens is 204 g/mol. The number of hydrogen-bond donors (Lipinski definition) is 3. The van der Waals surface area contributed by atoms with E-state index < -0.39 is 5.97 Å². The van der Waals surface area contributed by atoms with E-state index in [9.17, 15) is 4.79 Å². The third-order valence-corrected chi connectivity index (χ3v) is 1.94. The van der Waals surface area contributed by atoms with E-state index >= 15 is 0 Å². The van der Waals surface area contributed by atoms with Gasteiger partial charge in [0.05, 0.1) is 5.56 Å². The molecule has 1 aromatic rings. The van der Waals surface area contributed by atoms with Crippen LogP contribution in [0.1, 0.15) is 22.3 Å². The Morgan fingerprint density at radius 3 is 2.88 bits per heavy atom. The van der Waals surface area contributed by atoms with Crippen LogP contribution in [0.25, 0.3) is 0 Å². The molecule has 4 nitrogen and oxygen atoms in total. The Hall–Kier alpha value is -1.99. The van der Waals surface area contributed by atoms with Gasteiger partial charge in [-0.3, -0.25) is 0 Å². The highest BCUT2D eigenvalue weighted by Crippen LogP contribution is 2.11. The van der Waals surface area contributed by atoms with Gasteiger partial charge < -0.3 is 16.2 Å². The second-order valence-corrected chi connectivity index (χ2v) is 3.30. The number of carboxylic acid groups (broad SMARTS) is 1. The first-order valence-electron chi connectivity index (χ1n) is 4.91. The standard InChI is InChI=1S/C12H14N2O2/c1-14-5-3-2-4-9-6-10(12(15)16)8-11(13)7-9/h6-8,14H,3,5,13H2,1H3,(H,15,16). The maximum absolute atomic E-state index is 10.8. The van der Waals surface area contributed by atoms with Crippen LogP contribution in [0.15, 0.2) is 18.2 Å². The smallest absolute Gasteiger partial charge is 0.335 e. The zero-order chi connectivity index (χ0) is 12.0. The van der Waals surface area contributed by atoms with Gasteiger partial charge in [0.15, 0.2) is 0 Å². The van der Waals surface area contributed by atoms with Crippen molar-refractivity contribution in [2.75, 3.05) is 19.3 Å². The fraction of sp³-hybridized carbons (Fsp3) is 0.250. The molecule has 1 aromatic carbocycles. The van der Waals surface area contributed by atoms with Crippen molar-refractivity contribution in [3.63, 3.8) is 0 Å². The summed E-state index contributed by atoms with van der Waals surface area (Å²) in [5.41, 5.74) is 6.80. The third kappa shape index (κ3) is 3.64. The summed E-state index contributed by atoms with van der Waals surface area (Å²) in [6.45, 7) is 0.807. The van der Waals surface area contributed by atoms with Gasteiger partial charge in [0.1, 0.15) is 0 Å². The molecule has 0 amide bonds. The molecule has 0 aliphatic heterocycles. The molecule has 0 spiro atoms. The molecule has 0 radical (unpaired) electrons. The van der Waals surface area contributed by atoms with Gasteiger partial charge in [0.2, 0.25) is 0 Å². The fourth-order valence-corrected chi connectivity index (χ4v) is 1.20. The summed E-state index contributed by atoms with van der Waals surface area (Å²) in [6, 6.07) is 4.60. The topological polar surface area (TPSA) is 75.3 Å². The van der Waals surface area contributed by atoms with Gasteiger partial charge in [-0.05, 0) is 25.2 Å². The van der Waals surface area contributed by atoms with Crippen LogP contribution in [0.2, 0.25) is 0 Å². The Morgan fingerprint density at radius 2 is 2.25 bits per heavy atom. The highest BCUT2D eigenvalue weighted by molar-refractivity contribution is 5.89. The van der Waals surface area contributed by atoms with Gasteiger partial charge in [-0.2, -0.15) is 0 Å². The van der Waals surface area contributed by atoms with Crippen molar-refractivity contribution in [2.24, 2.45) is 0 Å². The molecule has 84 valence electrons. The molecule has 0 aliphatic rings. The predicted octanol–water partition coefficient (Wildman–Crippen LogP) is 0.928. The molecule has 4 N–H and O–H groups in total. The molecule has 0 bridgehead atoms. The highest BCUT2D eigenvalue weighted by atomic mass is 16.4. The number of hydrogen-bond acceptors (Lipinski definition) is 3. The zero-order valence-electron chi connectivity index (χ0n) is 9.08. The van der Waals surface area contributed by atoms with E-state index in [1.54, 1.807) is 6.07 Å². The Bertz CT molecular complexity index is 444. The molecule has 0 atom stereocenters. The minimum atomic E-state index is -0.995. The normalized spacial score (nSPS) is 9.31. The maximum atomic E-state index is 10.8. The number of carboxylic acids is 1. The van der Waals surface area contributed by atoms with Crippen molar-refractivity contribution in [1.82, 2.24) is 5.32 Å². The number of aromatic carboxylic acids is 1. The Balaban J connectivity index is 2.86. The van der Waals surface area contributed by atoms with Gasteiger partial charge in [0.25, 0.3) is 0 Å². The molecule has 1 rings (SSSR count). The minimum absolute atomic E-state index is 0.165. The average molecular weight is 218 g/mol. The number of rotatable bonds is 3. The van der Waals surface area contributed by atoms with Gasteiger partial charge in [0, 0.05) is 24.2 Å². The largest absolute Gasteiger partial charge is 0.478 e. The highest BCUT2D eigenvalue weighted by Gasteiger charge is 2.04. The molecule has 0 fully saturated rings. The van der Waals surface area contributed by atoms with Crippen molar-refractivity contribution >= 4 is 11.7 Å². The van der Waals surface area contributed by atoms with E-state index in [0.29, 0.717) is 17.7 Å². The first-order chi connectivity index (χ1) is 7.63. The van der Waals surface area contributed by atoms with Crippen molar-refractivity contribution in [3.8, 4) is 11.8 Å². The second kappa shape index (κ2) is 5.79. The van der Waals surface area contributed by atoms with E-state index in [-0.39, 0.29) is 5.56 Å².